The predicted molar refractivity (Wildman–Crippen MR) is 153 cm³/mol. The van der Waals surface area contributed by atoms with Crippen molar-refractivity contribution < 1.29 is 23.5 Å². The third-order valence-electron chi connectivity index (χ3n) is 8.54. The third kappa shape index (κ3) is 5.15. The van der Waals surface area contributed by atoms with Crippen molar-refractivity contribution in [3.05, 3.63) is 58.6 Å². The summed E-state index contributed by atoms with van der Waals surface area (Å²) in [6, 6.07) is 12.8. The maximum atomic E-state index is 15.7. The summed E-state index contributed by atoms with van der Waals surface area (Å²) in [6.45, 7) is 6.88. The van der Waals surface area contributed by atoms with Crippen molar-refractivity contribution >= 4 is 43.2 Å². The smallest absolute Gasteiger partial charge is 0.264 e. The Kier molecular flexibility index (Phi) is 7.91. The van der Waals surface area contributed by atoms with E-state index in [4.69, 9.17) is 16.3 Å². The molecule has 0 aliphatic carbocycles. The number of halogens is 2. The highest BCUT2D eigenvalue weighted by Gasteiger charge is 2.66. The van der Waals surface area contributed by atoms with Crippen LogP contribution in [0.5, 0.6) is 0 Å². The fourth-order valence-corrected chi connectivity index (χ4v) is 9.54. The number of benzene rings is 2. The molecule has 3 aliphatic heterocycles. The minimum atomic E-state index is -3.26. The molecule has 2 aromatic rings. The Labute approximate surface area is 235 Å². The highest BCUT2D eigenvalue weighted by molar-refractivity contribution is 6.72. The highest BCUT2D eigenvalue weighted by atomic mass is 35.5. The number of carbonyl (C=O) groups excluding carboxylic acids is 2. The van der Waals surface area contributed by atoms with Crippen molar-refractivity contribution in [2.75, 3.05) is 29.9 Å². The Balaban J connectivity index is 1.45. The summed E-state index contributed by atoms with van der Waals surface area (Å²) in [4.78, 5) is 28.8. The largest absolute Gasteiger partial charge is 0.396 e. The van der Waals surface area contributed by atoms with Gasteiger partial charge in [-0.25, -0.2) is 0 Å². The molecule has 2 saturated heterocycles. The Morgan fingerprint density at radius 2 is 2.10 bits per heavy atom. The molecule has 2 fully saturated rings. The second kappa shape index (κ2) is 10.9. The molecule has 0 saturated carbocycles. The molecule has 5 rings (SSSR count). The number of fused-ring (bicyclic) bond motifs is 2. The first-order chi connectivity index (χ1) is 18.6. The fourth-order valence-electron chi connectivity index (χ4n) is 6.82. The van der Waals surface area contributed by atoms with Crippen LogP contribution in [0.4, 0.5) is 15.5 Å². The minimum Gasteiger partial charge on any atom is -0.396 e. The van der Waals surface area contributed by atoms with Crippen LogP contribution in [-0.2, 0) is 26.5 Å². The maximum absolute atomic E-state index is 15.7. The van der Waals surface area contributed by atoms with Gasteiger partial charge >= 0.3 is 0 Å². The molecular formula is C29H37ClFN3O4Si. The topological polar surface area (TPSA) is 90.9 Å². The van der Waals surface area contributed by atoms with Crippen molar-refractivity contribution in [2.24, 2.45) is 11.8 Å². The van der Waals surface area contributed by atoms with Gasteiger partial charge in [-0.1, -0.05) is 30.7 Å². The first-order valence-corrected chi connectivity index (χ1v) is 17.1. The van der Waals surface area contributed by atoms with E-state index in [0.29, 0.717) is 28.5 Å². The molecule has 1 unspecified atom stereocenters. The Hall–Kier alpha value is -2.30. The first kappa shape index (κ1) is 28.2. The molecule has 3 heterocycles. The van der Waals surface area contributed by atoms with E-state index in [0.717, 1.165) is 24.9 Å². The number of carbonyl (C=O) groups is 2. The fraction of sp³-hybridized carbons (Fsp3) is 0.517. The number of piperidine rings is 1. The van der Waals surface area contributed by atoms with E-state index in [-0.39, 0.29) is 37.3 Å². The van der Waals surface area contributed by atoms with Gasteiger partial charge in [-0.2, -0.15) is 0 Å². The molecule has 1 spiro atoms. The average molecular weight is 574 g/mol. The van der Waals surface area contributed by atoms with Gasteiger partial charge in [-0.15, -0.1) is 0 Å². The zero-order chi connectivity index (χ0) is 27.9. The lowest BCUT2D eigenvalue weighted by Gasteiger charge is -2.31. The quantitative estimate of drug-likeness (QED) is 0.321. The van der Waals surface area contributed by atoms with Crippen molar-refractivity contribution in [3.8, 4) is 0 Å². The Morgan fingerprint density at radius 3 is 2.79 bits per heavy atom. The lowest BCUT2D eigenvalue weighted by Crippen LogP contribution is -2.45. The van der Waals surface area contributed by atoms with Gasteiger partial charge in [0.25, 0.3) is 5.91 Å². The molecule has 0 radical (unpaired) electrons. The monoisotopic (exact) mass is 573 g/mol. The third-order valence-corrected chi connectivity index (χ3v) is 11.2. The van der Waals surface area contributed by atoms with Gasteiger partial charge in [0.1, 0.15) is 0 Å². The van der Waals surface area contributed by atoms with Gasteiger partial charge in [0.2, 0.25) is 14.3 Å². The molecule has 2 amide bonds. The lowest BCUT2D eigenvalue weighted by atomic mass is 9.82. The van der Waals surface area contributed by atoms with Gasteiger partial charge in [0.05, 0.1) is 24.3 Å². The van der Waals surface area contributed by atoms with Crippen LogP contribution in [0.1, 0.15) is 37.3 Å². The summed E-state index contributed by atoms with van der Waals surface area (Å²) < 4.78 is 22.2. The number of hydrogen-bond donors (Lipinski definition) is 3. The molecule has 210 valence electrons. The van der Waals surface area contributed by atoms with Crippen molar-refractivity contribution in [1.82, 2.24) is 5.32 Å². The number of hydrogen-bond acceptors (Lipinski definition) is 5. The number of nitrogens with one attached hydrogen (secondary N) is 2. The number of aliphatic hydroxyl groups is 1. The normalized spacial score (nSPS) is 28.7. The number of nitrogens with zero attached hydrogens (tertiary/aromatic N) is 1. The van der Waals surface area contributed by atoms with E-state index in [1.54, 1.807) is 30.1 Å². The summed E-state index contributed by atoms with van der Waals surface area (Å²) in [5, 5.41) is 16.5. The summed E-state index contributed by atoms with van der Waals surface area (Å²) in [5.41, 5.74) is 1.01. The molecule has 7 nitrogen and oxygen atoms in total. The molecule has 3 aliphatic rings. The molecular weight excluding hydrogens is 537 g/mol. The van der Waals surface area contributed by atoms with E-state index in [9.17, 15) is 14.7 Å². The molecule has 0 aromatic heterocycles. The van der Waals surface area contributed by atoms with Gasteiger partial charge in [-0.05, 0) is 74.8 Å². The predicted octanol–water partition coefficient (Wildman–Crippen LogP) is 4.98. The van der Waals surface area contributed by atoms with Crippen LogP contribution in [0, 0.1) is 11.8 Å². The number of ether oxygens (including phenoxy) is 1. The van der Waals surface area contributed by atoms with Crippen LogP contribution in [0.3, 0.4) is 0 Å². The average Bonchev–Trinajstić information content (AvgIpc) is 3.31. The molecule has 39 heavy (non-hydrogen) atoms. The van der Waals surface area contributed by atoms with E-state index in [1.807, 2.05) is 37.3 Å². The molecule has 2 aromatic carbocycles. The van der Waals surface area contributed by atoms with E-state index in [1.165, 1.54) is 0 Å². The summed E-state index contributed by atoms with van der Waals surface area (Å²) in [6.07, 6.45) is 1.53. The molecule has 3 N–H and O–H groups in total. The van der Waals surface area contributed by atoms with Crippen LogP contribution >= 0.6 is 11.6 Å². The standard InChI is InChI=1S/C29H37ClFN3O4Si/c1-18-26(39(2,3)31)25(11-13-35)38-29(18)23-15-21(30)9-10-24(23)34(28(29)37)17-19-6-4-8-22(14-19)33-27(36)20-7-5-12-32-16-20/h4,6,8-10,14-15,18,20,25-26,32,35H,5,7,11-13,16-17H2,1-3H3,(H,33,36)/t18-,20?,25+,26-,29+/m1/s1. The highest BCUT2D eigenvalue weighted by Crippen LogP contribution is 2.60. The van der Waals surface area contributed by atoms with Crippen LogP contribution < -0.4 is 15.5 Å². The summed E-state index contributed by atoms with van der Waals surface area (Å²) >= 11 is 6.41. The zero-order valence-corrected chi connectivity index (χ0v) is 24.4. The van der Waals surface area contributed by atoms with E-state index < -0.39 is 31.6 Å². The SMILES string of the molecule is C[C@@H]1[C@@H]([Si](C)(C)F)[C@H](CCO)O[C@@]12C(=O)N(Cc1cccc(NC(=O)C3CCCNC3)c1)c1ccc(Cl)cc12. The number of rotatable bonds is 7. The lowest BCUT2D eigenvalue weighted by molar-refractivity contribution is -0.146. The van der Waals surface area contributed by atoms with Gasteiger partial charge in [0.15, 0.2) is 5.60 Å². The van der Waals surface area contributed by atoms with Crippen LogP contribution in [-0.4, -0.2) is 51.1 Å². The summed E-state index contributed by atoms with van der Waals surface area (Å²) in [5.74, 6) is -0.769. The van der Waals surface area contributed by atoms with Gasteiger partial charge in [0, 0.05) is 40.9 Å². The van der Waals surface area contributed by atoms with Crippen LogP contribution in [0.2, 0.25) is 23.7 Å². The second-order valence-electron chi connectivity index (χ2n) is 11.6. The second-order valence-corrected chi connectivity index (χ2v) is 15.8. The maximum Gasteiger partial charge on any atom is 0.264 e. The molecule has 10 heteroatoms. The Bertz CT molecular complexity index is 1250. The Morgan fingerprint density at radius 1 is 1.31 bits per heavy atom. The number of anilines is 2. The molecule has 5 atom stereocenters. The first-order valence-electron chi connectivity index (χ1n) is 13.8. The van der Waals surface area contributed by atoms with Crippen LogP contribution in [0.25, 0.3) is 0 Å². The van der Waals surface area contributed by atoms with Crippen molar-refractivity contribution in [3.63, 3.8) is 0 Å². The van der Waals surface area contributed by atoms with Crippen molar-refractivity contribution in [1.29, 1.82) is 0 Å². The minimum absolute atomic E-state index is 0.0114. The zero-order valence-electron chi connectivity index (χ0n) is 22.7. The van der Waals surface area contributed by atoms with Gasteiger partial charge in [-0.3, -0.25) is 9.59 Å². The van der Waals surface area contributed by atoms with Gasteiger partial charge < -0.3 is 29.5 Å². The van der Waals surface area contributed by atoms with Crippen LogP contribution in [0.15, 0.2) is 42.5 Å². The molecule has 0 bridgehead atoms. The number of aliphatic hydroxyl groups excluding tert-OH is 1. The van der Waals surface area contributed by atoms with E-state index in [2.05, 4.69) is 10.6 Å². The summed E-state index contributed by atoms with van der Waals surface area (Å²) in [7, 11) is -3.26. The number of amides is 2. The van der Waals surface area contributed by atoms with Crippen molar-refractivity contribution in [2.45, 2.75) is 63.1 Å². The van der Waals surface area contributed by atoms with E-state index >= 15 is 4.11 Å².